The smallest absolute Gasteiger partial charge is 0.312 e. The van der Waals surface area contributed by atoms with Crippen molar-refractivity contribution in [3.05, 3.63) is 40.3 Å². The number of carbonyl (C=O) groups is 1. The van der Waals surface area contributed by atoms with Crippen LogP contribution in [0, 0.1) is 0 Å². The molecular weight excluding hydrogens is 313 g/mol. The molecule has 2 aromatic heterocycles. The molecule has 3 aromatic rings. The van der Waals surface area contributed by atoms with Crippen molar-refractivity contribution in [1.29, 1.82) is 0 Å². The van der Waals surface area contributed by atoms with E-state index in [9.17, 15) is 4.79 Å². The molecule has 0 atom stereocenters. The molecule has 0 spiro atoms. The molecule has 0 saturated heterocycles. The average Bonchev–Trinajstić information content (AvgIpc) is 3.07. The van der Waals surface area contributed by atoms with E-state index in [0.717, 1.165) is 22.2 Å². The summed E-state index contributed by atoms with van der Waals surface area (Å²) in [5, 5.41) is 11.1. The number of hydrogen-bond acceptors (Lipinski definition) is 2. The van der Waals surface area contributed by atoms with E-state index >= 15 is 0 Å². The summed E-state index contributed by atoms with van der Waals surface area (Å²) >= 11 is 12.3. The van der Waals surface area contributed by atoms with E-state index in [1.165, 1.54) is 0 Å². The van der Waals surface area contributed by atoms with Crippen molar-refractivity contribution in [3.63, 3.8) is 0 Å². The first-order chi connectivity index (χ1) is 10.1. The van der Waals surface area contributed by atoms with Gasteiger partial charge >= 0.3 is 6.03 Å². The Balaban J connectivity index is 2.22. The molecule has 3 rings (SSSR count). The average molecular weight is 324 g/mol. The summed E-state index contributed by atoms with van der Waals surface area (Å²) in [7, 11) is 0. The zero-order valence-electron chi connectivity index (χ0n) is 10.7. The summed E-state index contributed by atoms with van der Waals surface area (Å²) in [4.78, 5) is 14.1. The van der Waals surface area contributed by atoms with Crippen LogP contribution in [0.1, 0.15) is 5.69 Å². The van der Waals surface area contributed by atoms with Gasteiger partial charge in [0, 0.05) is 28.4 Å². The third-order valence-corrected chi connectivity index (χ3v) is 3.97. The molecule has 0 bridgehead atoms. The highest BCUT2D eigenvalue weighted by molar-refractivity contribution is 6.45. The Hall–Kier alpha value is -2.18. The maximum Gasteiger partial charge on any atom is 0.312 e. The van der Waals surface area contributed by atoms with Crippen LogP contribution in [0.5, 0.6) is 0 Å². The van der Waals surface area contributed by atoms with Crippen molar-refractivity contribution >= 4 is 40.1 Å². The molecule has 1 aromatic carbocycles. The number of nitrogens with two attached hydrogens (primary N) is 1. The van der Waals surface area contributed by atoms with Crippen molar-refractivity contribution in [2.75, 3.05) is 0 Å². The molecule has 0 aliphatic heterocycles. The lowest BCUT2D eigenvalue weighted by atomic mass is 10.1. The standard InChI is InChI=1S/C13H11Cl2N5O/c14-8-2-1-7-10(6-3-18-19-4-6)9(5-17-13(16)21)20-12(7)11(8)15/h1-4,20H,5H2,(H,18,19)(H3,16,17,21). The van der Waals surface area contributed by atoms with Gasteiger partial charge in [-0.05, 0) is 6.07 Å². The van der Waals surface area contributed by atoms with E-state index in [4.69, 9.17) is 28.9 Å². The van der Waals surface area contributed by atoms with Gasteiger partial charge in [0.05, 0.1) is 28.3 Å². The predicted octanol–water partition coefficient (Wildman–Crippen LogP) is 3.03. The molecule has 108 valence electrons. The molecule has 2 heterocycles. The van der Waals surface area contributed by atoms with Crippen molar-refractivity contribution in [2.45, 2.75) is 6.54 Å². The fourth-order valence-corrected chi connectivity index (χ4v) is 2.65. The van der Waals surface area contributed by atoms with Crippen LogP contribution < -0.4 is 11.1 Å². The third kappa shape index (κ3) is 2.43. The quantitative estimate of drug-likeness (QED) is 0.595. The summed E-state index contributed by atoms with van der Waals surface area (Å²) in [5.41, 5.74) is 8.38. The number of rotatable bonds is 3. The highest BCUT2D eigenvalue weighted by Crippen LogP contribution is 2.38. The molecule has 5 N–H and O–H groups in total. The molecular formula is C13H11Cl2N5O. The number of nitrogens with zero attached hydrogens (tertiary/aromatic N) is 1. The fraction of sp³-hybridized carbons (Fsp3) is 0.0769. The minimum atomic E-state index is -0.601. The van der Waals surface area contributed by atoms with Gasteiger partial charge in [-0.3, -0.25) is 5.10 Å². The number of aromatic nitrogens is 3. The lowest BCUT2D eigenvalue weighted by molar-refractivity contribution is 0.248. The van der Waals surface area contributed by atoms with E-state index in [-0.39, 0.29) is 6.54 Å². The summed E-state index contributed by atoms with van der Waals surface area (Å²) in [6.07, 6.45) is 3.46. The Morgan fingerprint density at radius 2 is 2.19 bits per heavy atom. The van der Waals surface area contributed by atoms with Crippen LogP contribution in [-0.4, -0.2) is 21.2 Å². The lowest BCUT2D eigenvalue weighted by Crippen LogP contribution is -2.28. The Morgan fingerprint density at radius 3 is 2.86 bits per heavy atom. The second-order valence-electron chi connectivity index (χ2n) is 4.47. The maximum atomic E-state index is 10.9. The molecule has 8 heteroatoms. The first kappa shape index (κ1) is 13.8. The van der Waals surface area contributed by atoms with E-state index in [1.807, 2.05) is 6.07 Å². The molecule has 0 fully saturated rings. The first-order valence-corrected chi connectivity index (χ1v) is 6.84. The first-order valence-electron chi connectivity index (χ1n) is 6.09. The van der Waals surface area contributed by atoms with Gasteiger partial charge in [-0.25, -0.2) is 4.79 Å². The zero-order chi connectivity index (χ0) is 15.0. The highest BCUT2D eigenvalue weighted by Gasteiger charge is 2.17. The van der Waals surface area contributed by atoms with Crippen LogP contribution >= 0.6 is 23.2 Å². The van der Waals surface area contributed by atoms with Gasteiger partial charge in [-0.2, -0.15) is 5.10 Å². The minimum absolute atomic E-state index is 0.248. The lowest BCUT2D eigenvalue weighted by Gasteiger charge is -2.03. The van der Waals surface area contributed by atoms with E-state index in [0.29, 0.717) is 15.6 Å². The second-order valence-corrected chi connectivity index (χ2v) is 5.25. The van der Waals surface area contributed by atoms with Crippen LogP contribution in [0.15, 0.2) is 24.5 Å². The molecule has 6 nitrogen and oxygen atoms in total. The number of halogens is 2. The molecule has 0 aliphatic carbocycles. The van der Waals surface area contributed by atoms with Gasteiger partial charge in [0.1, 0.15) is 0 Å². The molecule has 0 aliphatic rings. The van der Waals surface area contributed by atoms with Crippen LogP contribution in [0.4, 0.5) is 4.79 Å². The van der Waals surface area contributed by atoms with E-state index < -0.39 is 6.03 Å². The SMILES string of the molecule is NC(=O)NCc1[nH]c2c(Cl)c(Cl)ccc2c1-c1cn[nH]c1. The number of H-pyrrole nitrogens is 2. The topological polar surface area (TPSA) is 99.6 Å². The van der Waals surface area contributed by atoms with Crippen molar-refractivity contribution < 1.29 is 4.79 Å². The molecule has 2 amide bonds. The number of primary amides is 1. The van der Waals surface area contributed by atoms with Crippen LogP contribution in [0.2, 0.25) is 10.0 Å². The Morgan fingerprint density at radius 1 is 1.38 bits per heavy atom. The number of urea groups is 1. The summed E-state index contributed by atoms with van der Waals surface area (Å²) in [6.45, 7) is 0.248. The monoisotopic (exact) mass is 323 g/mol. The minimum Gasteiger partial charge on any atom is -0.355 e. The Labute approximate surface area is 129 Å². The molecule has 21 heavy (non-hydrogen) atoms. The molecule has 0 unspecified atom stereocenters. The molecule has 0 saturated carbocycles. The van der Waals surface area contributed by atoms with Gasteiger partial charge in [0.15, 0.2) is 0 Å². The zero-order valence-corrected chi connectivity index (χ0v) is 12.2. The number of amides is 2. The predicted molar refractivity (Wildman–Crippen MR) is 82.3 cm³/mol. The maximum absolute atomic E-state index is 10.9. The number of carbonyl (C=O) groups excluding carboxylic acids is 1. The largest absolute Gasteiger partial charge is 0.355 e. The van der Waals surface area contributed by atoms with Crippen LogP contribution in [0.25, 0.3) is 22.0 Å². The van der Waals surface area contributed by atoms with Gasteiger partial charge in [0.25, 0.3) is 0 Å². The van der Waals surface area contributed by atoms with Crippen LogP contribution in [-0.2, 0) is 6.54 Å². The molecule has 0 radical (unpaired) electrons. The van der Waals surface area contributed by atoms with Gasteiger partial charge in [-0.15, -0.1) is 0 Å². The van der Waals surface area contributed by atoms with Crippen LogP contribution in [0.3, 0.4) is 0 Å². The Bertz CT molecular complexity index is 810. The Kier molecular flexibility index (Phi) is 3.48. The second kappa shape index (κ2) is 5.31. The summed E-state index contributed by atoms with van der Waals surface area (Å²) in [6, 6.07) is 3.00. The van der Waals surface area contributed by atoms with Gasteiger partial charge in [0.2, 0.25) is 0 Å². The van der Waals surface area contributed by atoms with Crippen molar-refractivity contribution in [2.24, 2.45) is 5.73 Å². The summed E-state index contributed by atoms with van der Waals surface area (Å²) in [5.74, 6) is 0. The van der Waals surface area contributed by atoms with Gasteiger partial charge < -0.3 is 16.0 Å². The number of fused-ring (bicyclic) bond motifs is 1. The number of aromatic amines is 2. The highest BCUT2D eigenvalue weighted by atomic mass is 35.5. The van der Waals surface area contributed by atoms with E-state index in [2.05, 4.69) is 20.5 Å². The number of nitrogens with one attached hydrogen (secondary N) is 3. The fourth-order valence-electron chi connectivity index (χ4n) is 2.28. The van der Waals surface area contributed by atoms with Crippen molar-refractivity contribution in [3.8, 4) is 11.1 Å². The number of hydrogen-bond donors (Lipinski definition) is 4. The normalized spacial score (nSPS) is 11.0. The third-order valence-electron chi connectivity index (χ3n) is 3.17. The van der Waals surface area contributed by atoms with Gasteiger partial charge in [-0.1, -0.05) is 29.3 Å². The number of benzene rings is 1. The van der Waals surface area contributed by atoms with E-state index in [1.54, 1.807) is 18.5 Å². The van der Waals surface area contributed by atoms with Crippen molar-refractivity contribution in [1.82, 2.24) is 20.5 Å². The summed E-state index contributed by atoms with van der Waals surface area (Å²) < 4.78 is 0.